The first kappa shape index (κ1) is 15.5. The molecule has 0 unspecified atom stereocenters. The van der Waals surface area contributed by atoms with E-state index in [1.165, 1.54) is 4.88 Å². The number of nitrogens with one attached hydrogen (secondary N) is 1. The SMILES string of the molecule is CCCOc1nc(NCC)nc(OCCc2cccs2)n1. The topological polar surface area (TPSA) is 69.2 Å². The van der Waals surface area contributed by atoms with Gasteiger partial charge >= 0.3 is 12.0 Å². The Morgan fingerprint density at radius 2 is 1.86 bits per heavy atom. The van der Waals surface area contributed by atoms with Crippen LogP contribution in [-0.2, 0) is 6.42 Å². The van der Waals surface area contributed by atoms with Gasteiger partial charge in [-0.05, 0) is 24.8 Å². The van der Waals surface area contributed by atoms with Gasteiger partial charge in [-0.3, -0.25) is 0 Å². The van der Waals surface area contributed by atoms with Crippen LogP contribution in [0.25, 0.3) is 0 Å². The zero-order valence-corrected chi connectivity index (χ0v) is 13.2. The second-order valence-electron chi connectivity index (χ2n) is 4.28. The Morgan fingerprint density at radius 3 is 2.48 bits per heavy atom. The summed E-state index contributed by atoms with van der Waals surface area (Å²) in [5.74, 6) is 0.477. The lowest BCUT2D eigenvalue weighted by atomic mass is 10.4. The van der Waals surface area contributed by atoms with Gasteiger partial charge in [0.1, 0.15) is 0 Å². The third-order valence-electron chi connectivity index (χ3n) is 2.52. The van der Waals surface area contributed by atoms with Crippen molar-refractivity contribution in [2.24, 2.45) is 0 Å². The summed E-state index contributed by atoms with van der Waals surface area (Å²) >= 11 is 1.71. The molecule has 0 saturated heterocycles. The zero-order chi connectivity index (χ0) is 14.9. The molecule has 1 N–H and O–H groups in total. The van der Waals surface area contributed by atoms with Crippen LogP contribution in [0.1, 0.15) is 25.1 Å². The summed E-state index contributed by atoms with van der Waals surface area (Å²) in [6, 6.07) is 4.71. The van der Waals surface area contributed by atoms with Crippen LogP contribution < -0.4 is 14.8 Å². The molecule has 7 heteroatoms. The molecule has 6 nitrogen and oxygen atoms in total. The highest BCUT2D eigenvalue weighted by Gasteiger charge is 2.08. The second-order valence-corrected chi connectivity index (χ2v) is 5.31. The molecular formula is C14H20N4O2S. The monoisotopic (exact) mass is 308 g/mol. The van der Waals surface area contributed by atoms with Crippen LogP contribution >= 0.6 is 11.3 Å². The van der Waals surface area contributed by atoms with E-state index in [0.717, 1.165) is 19.4 Å². The first-order chi connectivity index (χ1) is 10.3. The molecule has 2 aromatic rings. The molecule has 0 aliphatic heterocycles. The van der Waals surface area contributed by atoms with Crippen molar-refractivity contribution in [3.63, 3.8) is 0 Å². The standard InChI is InChI=1S/C14H20N4O2S/c1-3-8-19-13-16-12(15-4-2)17-14(18-13)20-9-7-11-6-5-10-21-11/h5-6,10H,3-4,7-9H2,1-2H3,(H,15,16,17,18). The van der Waals surface area contributed by atoms with E-state index in [2.05, 4.69) is 31.7 Å². The lowest BCUT2D eigenvalue weighted by molar-refractivity contribution is 0.264. The third kappa shape index (κ3) is 5.18. The maximum atomic E-state index is 5.61. The number of nitrogens with zero attached hydrogens (tertiary/aromatic N) is 3. The van der Waals surface area contributed by atoms with E-state index in [1.807, 2.05) is 19.9 Å². The molecule has 2 aromatic heterocycles. The van der Waals surface area contributed by atoms with Crippen molar-refractivity contribution in [1.29, 1.82) is 0 Å². The normalized spacial score (nSPS) is 10.4. The van der Waals surface area contributed by atoms with Crippen LogP contribution in [-0.4, -0.2) is 34.7 Å². The number of aromatic nitrogens is 3. The lowest BCUT2D eigenvalue weighted by Gasteiger charge is -2.09. The Labute approximate surface area is 128 Å². The fraction of sp³-hybridized carbons (Fsp3) is 0.500. The molecule has 0 aliphatic carbocycles. The predicted molar refractivity (Wildman–Crippen MR) is 83.3 cm³/mol. The number of rotatable bonds is 9. The van der Waals surface area contributed by atoms with Crippen molar-refractivity contribution >= 4 is 17.3 Å². The number of thiophene rings is 1. The Bertz CT molecular complexity index is 534. The van der Waals surface area contributed by atoms with Crippen molar-refractivity contribution in [2.45, 2.75) is 26.7 Å². The molecule has 0 amide bonds. The molecule has 0 saturated carbocycles. The molecule has 21 heavy (non-hydrogen) atoms. The highest BCUT2D eigenvalue weighted by atomic mass is 32.1. The molecule has 114 valence electrons. The van der Waals surface area contributed by atoms with Gasteiger partial charge in [-0.2, -0.15) is 9.97 Å². The number of hydrogen-bond acceptors (Lipinski definition) is 7. The molecule has 0 atom stereocenters. The molecule has 2 heterocycles. The summed E-state index contributed by atoms with van der Waals surface area (Å²) in [7, 11) is 0. The number of hydrogen-bond donors (Lipinski definition) is 1. The average molecular weight is 308 g/mol. The Hall–Kier alpha value is -1.89. The Balaban J connectivity index is 1.97. The summed E-state index contributed by atoms with van der Waals surface area (Å²) in [5, 5.41) is 5.10. The molecule has 0 radical (unpaired) electrons. The largest absolute Gasteiger partial charge is 0.463 e. The highest BCUT2D eigenvalue weighted by molar-refractivity contribution is 7.09. The minimum Gasteiger partial charge on any atom is -0.463 e. The third-order valence-corrected chi connectivity index (χ3v) is 3.46. The van der Waals surface area contributed by atoms with Crippen molar-refractivity contribution in [2.75, 3.05) is 25.1 Å². The average Bonchev–Trinajstić information content (AvgIpc) is 2.99. The minimum atomic E-state index is 0.295. The van der Waals surface area contributed by atoms with Gasteiger partial charge in [-0.15, -0.1) is 16.3 Å². The molecule has 0 aromatic carbocycles. The van der Waals surface area contributed by atoms with Crippen LogP contribution in [0.3, 0.4) is 0 Å². The fourth-order valence-electron chi connectivity index (χ4n) is 1.60. The summed E-state index contributed by atoms with van der Waals surface area (Å²) in [6.45, 7) is 5.85. The number of ether oxygens (including phenoxy) is 2. The van der Waals surface area contributed by atoms with Gasteiger partial charge in [-0.25, -0.2) is 0 Å². The highest BCUT2D eigenvalue weighted by Crippen LogP contribution is 2.14. The smallest absolute Gasteiger partial charge is 0.324 e. The molecule has 0 bridgehead atoms. The van der Waals surface area contributed by atoms with Crippen molar-refractivity contribution < 1.29 is 9.47 Å². The Morgan fingerprint density at radius 1 is 1.10 bits per heavy atom. The first-order valence-corrected chi connectivity index (χ1v) is 7.97. The van der Waals surface area contributed by atoms with Gasteiger partial charge in [0.05, 0.1) is 13.2 Å². The van der Waals surface area contributed by atoms with Crippen LogP contribution in [0.5, 0.6) is 12.0 Å². The van der Waals surface area contributed by atoms with Crippen molar-refractivity contribution in [3.05, 3.63) is 22.4 Å². The van der Waals surface area contributed by atoms with E-state index in [0.29, 0.717) is 31.2 Å². The van der Waals surface area contributed by atoms with Gasteiger partial charge < -0.3 is 14.8 Å². The summed E-state index contributed by atoms with van der Waals surface area (Å²) in [5.41, 5.74) is 0. The van der Waals surface area contributed by atoms with Crippen molar-refractivity contribution in [1.82, 2.24) is 15.0 Å². The molecular weight excluding hydrogens is 288 g/mol. The molecule has 0 fully saturated rings. The fourth-order valence-corrected chi connectivity index (χ4v) is 2.29. The molecule has 0 spiro atoms. The van der Waals surface area contributed by atoms with Gasteiger partial charge in [-0.1, -0.05) is 13.0 Å². The molecule has 2 rings (SSSR count). The van der Waals surface area contributed by atoms with Gasteiger partial charge in [0.25, 0.3) is 0 Å². The quantitative estimate of drug-likeness (QED) is 0.768. The maximum absolute atomic E-state index is 5.61. The van der Waals surface area contributed by atoms with Gasteiger partial charge in [0, 0.05) is 17.8 Å². The van der Waals surface area contributed by atoms with Crippen LogP contribution in [0.4, 0.5) is 5.95 Å². The van der Waals surface area contributed by atoms with Crippen LogP contribution in [0.15, 0.2) is 17.5 Å². The molecule has 0 aliphatic rings. The minimum absolute atomic E-state index is 0.295. The van der Waals surface area contributed by atoms with E-state index >= 15 is 0 Å². The maximum Gasteiger partial charge on any atom is 0.324 e. The predicted octanol–water partition coefficient (Wildman–Crippen LogP) is 2.78. The first-order valence-electron chi connectivity index (χ1n) is 7.09. The van der Waals surface area contributed by atoms with Gasteiger partial charge in [0.15, 0.2) is 0 Å². The zero-order valence-electron chi connectivity index (χ0n) is 12.3. The van der Waals surface area contributed by atoms with E-state index in [4.69, 9.17) is 9.47 Å². The van der Waals surface area contributed by atoms with E-state index in [9.17, 15) is 0 Å². The summed E-state index contributed by atoms with van der Waals surface area (Å²) < 4.78 is 11.1. The second kappa shape index (κ2) is 8.41. The summed E-state index contributed by atoms with van der Waals surface area (Å²) in [6.07, 6.45) is 1.74. The summed E-state index contributed by atoms with van der Waals surface area (Å²) in [4.78, 5) is 13.8. The van der Waals surface area contributed by atoms with Crippen LogP contribution in [0, 0.1) is 0 Å². The van der Waals surface area contributed by atoms with E-state index in [1.54, 1.807) is 11.3 Å². The van der Waals surface area contributed by atoms with Crippen LogP contribution in [0.2, 0.25) is 0 Å². The van der Waals surface area contributed by atoms with E-state index < -0.39 is 0 Å². The van der Waals surface area contributed by atoms with Gasteiger partial charge in [0.2, 0.25) is 5.95 Å². The van der Waals surface area contributed by atoms with Crippen molar-refractivity contribution in [3.8, 4) is 12.0 Å². The lowest BCUT2D eigenvalue weighted by Crippen LogP contribution is -2.10. The number of anilines is 1. The van der Waals surface area contributed by atoms with E-state index in [-0.39, 0.29) is 0 Å². The Kier molecular flexibility index (Phi) is 6.21.